The number of hydrogen-bond donors (Lipinski definition) is 0. The van der Waals surface area contributed by atoms with Crippen molar-refractivity contribution in [2.24, 2.45) is 5.92 Å². The molecule has 2 fully saturated rings. The summed E-state index contributed by atoms with van der Waals surface area (Å²) >= 11 is 0. The molecule has 5 heteroatoms. The number of nitrogens with zero attached hydrogens (tertiary/aromatic N) is 2. The molecule has 1 aromatic rings. The molecular formula is C17H22N2O3. The highest BCUT2D eigenvalue weighted by Gasteiger charge is 2.40. The van der Waals surface area contributed by atoms with Gasteiger partial charge in [0.1, 0.15) is 0 Å². The van der Waals surface area contributed by atoms with E-state index in [-0.39, 0.29) is 23.8 Å². The highest BCUT2D eigenvalue weighted by Crippen LogP contribution is 2.36. The number of morpholine rings is 1. The van der Waals surface area contributed by atoms with Crippen LogP contribution in [-0.4, -0.2) is 55.0 Å². The third-order valence-electron chi connectivity index (χ3n) is 4.64. The van der Waals surface area contributed by atoms with Gasteiger partial charge < -0.3 is 14.5 Å². The van der Waals surface area contributed by atoms with Crippen LogP contribution in [0.25, 0.3) is 0 Å². The Morgan fingerprint density at radius 2 is 1.86 bits per heavy atom. The molecule has 2 heterocycles. The van der Waals surface area contributed by atoms with Crippen LogP contribution in [0.4, 0.5) is 0 Å². The van der Waals surface area contributed by atoms with Crippen LogP contribution in [0.1, 0.15) is 24.4 Å². The normalized spacial score (nSPS) is 26.1. The number of hydrogen-bond acceptors (Lipinski definition) is 3. The third-order valence-corrected chi connectivity index (χ3v) is 4.64. The Morgan fingerprint density at radius 1 is 1.18 bits per heavy atom. The van der Waals surface area contributed by atoms with Gasteiger partial charge in [0.2, 0.25) is 11.8 Å². The fourth-order valence-electron chi connectivity index (χ4n) is 3.42. The molecule has 3 rings (SSSR count). The average molecular weight is 302 g/mol. The Kier molecular flexibility index (Phi) is 4.43. The predicted molar refractivity (Wildman–Crippen MR) is 82.1 cm³/mol. The quantitative estimate of drug-likeness (QED) is 0.831. The zero-order valence-corrected chi connectivity index (χ0v) is 12.9. The summed E-state index contributed by atoms with van der Waals surface area (Å²) in [7, 11) is 1.80. The summed E-state index contributed by atoms with van der Waals surface area (Å²) in [6.07, 6.45) is 1.07. The topological polar surface area (TPSA) is 49.9 Å². The minimum atomic E-state index is -0.169. The second-order valence-electron chi connectivity index (χ2n) is 5.94. The van der Waals surface area contributed by atoms with Crippen molar-refractivity contribution >= 4 is 11.8 Å². The van der Waals surface area contributed by atoms with Gasteiger partial charge in [0.25, 0.3) is 0 Å². The molecule has 0 aromatic heterocycles. The lowest BCUT2D eigenvalue weighted by molar-refractivity contribution is -0.149. The fourth-order valence-corrected chi connectivity index (χ4v) is 3.42. The zero-order chi connectivity index (χ0) is 15.5. The Hall–Kier alpha value is -1.88. The van der Waals surface area contributed by atoms with Crippen molar-refractivity contribution in [3.8, 4) is 0 Å². The molecule has 5 nitrogen and oxygen atoms in total. The number of ether oxygens (including phenoxy) is 1. The highest BCUT2D eigenvalue weighted by molar-refractivity contribution is 5.85. The van der Waals surface area contributed by atoms with Gasteiger partial charge in [-0.25, -0.2) is 0 Å². The molecule has 0 unspecified atom stereocenters. The lowest BCUT2D eigenvalue weighted by Gasteiger charge is -2.41. The molecular weight excluding hydrogens is 280 g/mol. The Labute approximate surface area is 130 Å². The van der Waals surface area contributed by atoms with Crippen LogP contribution in [0, 0.1) is 5.92 Å². The van der Waals surface area contributed by atoms with Crippen molar-refractivity contribution in [2.75, 3.05) is 33.4 Å². The molecule has 2 aliphatic rings. The summed E-state index contributed by atoms with van der Waals surface area (Å²) in [6.45, 7) is 2.50. The van der Waals surface area contributed by atoms with Crippen LogP contribution < -0.4 is 0 Å². The van der Waals surface area contributed by atoms with E-state index in [0.29, 0.717) is 39.1 Å². The second-order valence-corrected chi connectivity index (χ2v) is 5.94. The number of piperidine rings is 1. The molecule has 118 valence electrons. The number of carbonyl (C=O) groups excluding carboxylic acids is 2. The van der Waals surface area contributed by atoms with Crippen LogP contribution in [0.3, 0.4) is 0 Å². The predicted octanol–water partition coefficient (Wildman–Crippen LogP) is 1.45. The van der Waals surface area contributed by atoms with E-state index in [9.17, 15) is 9.59 Å². The monoisotopic (exact) mass is 302 g/mol. The summed E-state index contributed by atoms with van der Waals surface area (Å²) in [5, 5.41) is 0. The molecule has 0 aliphatic carbocycles. The van der Waals surface area contributed by atoms with Gasteiger partial charge in [-0.05, 0) is 12.0 Å². The maximum absolute atomic E-state index is 12.9. The number of benzene rings is 1. The lowest BCUT2D eigenvalue weighted by Crippen LogP contribution is -2.50. The van der Waals surface area contributed by atoms with Crippen LogP contribution >= 0.6 is 0 Å². The van der Waals surface area contributed by atoms with E-state index >= 15 is 0 Å². The smallest absolute Gasteiger partial charge is 0.228 e. The summed E-state index contributed by atoms with van der Waals surface area (Å²) in [5.41, 5.74) is 1.03. The van der Waals surface area contributed by atoms with Gasteiger partial charge in [0, 0.05) is 26.6 Å². The van der Waals surface area contributed by atoms with Gasteiger partial charge in [0.05, 0.1) is 25.2 Å². The van der Waals surface area contributed by atoms with E-state index in [1.807, 2.05) is 35.2 Å². The van der Waals surface area contributed by atoms with Crippen molar-refractivity contribution in [1.82, 2.24) is 9.80 Å². The number of amides is 2. The van der Waals surface area contributed by atoms with E-state index in [1.165, 1.54) is 0 Å². The molecule has 0 N–H and O–H groups in total. The van der Waals surface area contributed by atoms with Gasteiger partial charge in [-0.15, -0.1) is 0 Å². The second kappa shape index (κ2) is 6.48. The zero-order valence-electron chi connectivity index (χ0n) is 12.9. The molecule has 1 aromatic carbocycles. The first-order chi connectivity index (χ1) is 10.7. The van der Waals surface area contributed by atoms with Gasteiger partial charge in [-0.3, -0.25) is 9.59 Å². The van der Waals surface area contributed by atoms with Gasteiger partial charge in [-0.1, -0.05) is 30.3 Å². The number of rotatable bonds is 2. The maximum atomic E-state index is 12.9. The van der Waals surface area contributed by atoms with Crippen LogP contribution in [0.2, 0.25) is 0 Å². The first kappa shape index (κ1) is 15.0. The number of carbonyl (C=O) groups is 2. The Bertz CT molecular complexity index is 540. The molecule has 22 heavy (non-hydrogen) atoms. The van der Waals surface area contributed by atoms with E-state index in [4.69, 9.17) is 4.74 Å². The van der Waals surface area contributed by atoms with E-state index in [2.05, 4.69) is 0 Å². The van der Waals surface area contributed by atoms with Gasteiger partial charge >= 0.3 is 0 Å². The Balaban J connectivity index is 1.86. The van der Waals surface area contributed by atoms with Gasteiger partial charge in [-0.2, -0.15) is 0 Å². The summed E-state index contributed by atoms with van der Waals surface area (Å²) in [4.78, 5) is 28.6. The largest absolute Gasteiger partial charge is 0.378 e. The molecule has 0 spiro atoms. The highest BCUT2D eigenvalue weighted by atomic mass is 16.5. The average Bonchev–Trinajstić information content (AvgIpc) is 2.58. The molecule has 2 atom stereocenters. The molecule has 0 saturated carbocycles. The first-order valence-electron chi connectivity index (χ1n) is 7.85. The van der Waals surface area contributed by atoms with E-state index < -0.39 is 0 Å². The van der Waals surface area contributed by atoms with E-state index in [0.717, 1.165) is 5.56 Å². The lowest BCUT2D eigenvalue weighted by atomic mass is 9.83. The minimum Gasteiger partial charge on any atom is -0.378 e. The van der Waals surface area contributed by atoms with Crippen LogP contribution in [-0.2, 0) is 14.3 Å². The SMILES string of the molecule is CN1C(=O)CC[C@H](C(=O)N2CCOCC2)[C@H]1c1ccccc1. The number of likely N-dealkylation sites (tertiary alicyclic amines) is 1. The van der Waals surface area contributed by atoms with E-state index in [1.54, 1.807) is 11.9 Å². The van der Waals surface area contributed by atoms with Gasteiger partial charge in [0.15, 0.2) is 0 Å². The Morgan fingerprint density at radius 3 is 2.55 bits per heavy atom. The summed E-state index contributed by atoms with van der Waals surface area (Å²) in [5.74, 6) is 0.0968. The summed E-state index contributed by atoms with van der Waals surface area (Å²) < 4.78 is 5.33. The maximum Gasteiger partial charge on any atom is 0.228 e. The van der Waals surface area contributed by atoms with Crippen molar-refractivity contribution in [1.29, 1.82) is 0 Å². The van der Waals surface area contributed by atoms with Crippen molar-refractivity contribution < 1.29 is 14.3 Å². The van der Waals surface area contributed by atoms with Crippen molar-refractivity contribution in [3.63, 3.8) is 0 Å². The molecule has 2 aliphatic heterocycles. The molecule has 2 amide bonds. The van der Waals surface area contributed by atoms with Crippen LogP contribution in [0.15, 0.2) is 30.3 Å². The molecule has 0 radical (unpaired) electrons. The third kappa shape index (κ3) is 2.86. The van der Waals surface area contributed by atoms with Crippen molar-refractivity contribution in [2.45, 2.75) is 18.9 Å². The fraction of sp³-hybridized carbons (Fsp3) is 0.529. The van der Waals surface area contributed by atoms with Crippen molar-refractivity contribution in [3.05, 3.63) is 35.9 Å². The summed E-state index contributed by atoms with van der Waals surface area (Å²) in [6, 6.07) is 9.70. The standard InChI is InChI=1S/C17H22N2O3/c1-18-15(20)8-7-14(16(18)13-5-3-2-4-6-13)17(21)19-9-11-22-12-10-19/h2-6,14,16H,7-12H2,1H3/t14-,16+/m0/s1. The first-order valence-corrected chi connectivity index (χ1v) is 7.85. The minimum absolute atomic E-state index is 0.111. The molecule has 2 saturated heterocycles. The van der Waals surface area contributed by atoms with Crippen LogP contribution in [0.5, 0.6) is 0 Å². The molecule has 0 bridgehead atoms.